The molecule has 2 N–H and O–H groups in total. The van der Waals surface area contributed by atoms with E-state index >= 15 is 0 Å². The molecule has 16 heavy (non-hydrogen) atoms. The van der Waals surface area contributed by atoms with E-state index in [0.717, 1.165) is 0 Å². The second-order valence-corrected chi connectivity index (χ2v) is 3.62. The van der Waals surface area contributed by atoms with Crippen LogP contribution in [0.2, 0.25) is 0 Å². The molecule has 1 atom stereocenters. The molecule has 0 bridgehead atoms. The van der Waals surface area contributed by atoms with Crippen molar-refractivity contribution in [3.8, 4) is 0 Å². The van der Waals surface area contributed by atoms with Crippen molar-refractivity contribution in [2.24, 2.45) is 0 Å². The van der Waals surface area contributed by atoms with Crippen molar-refractivity contribution in [1.29, 1.82) is 0 Å². The van der Waals surface area contributed by atoms with E-state index in [4.69, 9.17) is 9.84 Å². The van der Waals surface area contributed by atoms with E-state index in [0.29, 0.717) is 13.2 Å². The largest absolute Gasteiger partial charge is 0.480 e. The molecule has 1 amide bonds. The monoisotopic (exact) mass is 232 g/mol. The number of nitrogens with zero attached hydrogens (tertiary/aromatic N) is 1. The normalized spacial score (nSPS) is 12.5. The maximum Gasteiger partial charge on any atom is 0.317 e. The first-order valence-corrected chi connectivity index (χ1v) is 5.22. The van der Waals surface area contributed by atoms with Crippen molar-refractivity contribution in [3.05, 3.63) is 0 Å². The van der Waals surface area contributed by atoms with Crippen molar-refractivity contribution in [3.63, 3.8) is 0 Å². The number of nitrogens with one attached hydrogen (secondary N) is 1. The minimum atomic E-state index is -0.931. The summed E-state index contributed by atoms with van der Waals surface area (Å²) in [6.07, 6.45) is 0. The van der Waals surface area contributed by atoms with Gasteiger partial charge >= 0.3 is 5.97 Å². The summed E-state index contributed by atoms with van der Waals surface area (Å²) in [6.45, 7) is 4.58. The Morgan fingerprint density at radius 1 is 1.44 bits per heavy atom. The number of methoxy groups -OCH3 is 1. The van der Waals surface area contributed by atoms with Gasteiger partial charge in [-0.15, -0.1) is 0 Å². The Morgan fingerprint density at radius 2 is 2.06 bits per heavy atom. The predicted molar refractivity (Wildman–Crippen MR) is 59.2 cm³/mol. The van der Waals surface area contributed by atoms with E-state index in [9.17, 15) is 9.59 Å². The lowest BCUT2D eigenvalue weighted by molar-refractivity contribution is -0.138. The van der Waals surface area contributed by atoms with Gasteiger partial charge in [-0.25, -0.2) is 0 Å². The molecule has 6 heteroatoms. The highest BCUT2D eigenvalue weighted by Crippen LogP contribution is 1.89. The number of hydrogen-bond acceptors (Lipinski definition) is 4. The lowest BCUT2D eigenvalue weighted by atomic mass is 10.3. The van der Waals surface area contributed by atoms with Crippen LogP contribution >= 0.6 is 0 Å². The fourth-order valence-corrected chi connectivity index (χ4v) is 1.29. The molecule has 0 saturated heterocycles. The zero-order chi connectivity index (χ0) is 12.6. The molecule has 0 aromatic heterocycles. The number of carboxylic acids is 1. The Kier molecular flexibility index (Phi) is 7.49. The molecule has 94 valence electrons. The van der Waals surface area contributed by atoms with Crippen molar-refractivity contribution >= 4 is 11.9 Å². The Balaban J connectivity index is 3.95. The quantitative estimate of drug-likeness (QED) is 0.592. The highest BCUT2D eigenvalue weighted by molar-refractivity contribution is 5.79. The number of likely N-dealkylation sites (N-methyl/N-ethyl adjacent to an activating group) is 1. The fraction of sp³-hybridized carbons (Fsp3) is 0.800. The fourth-order valence-electron chi connectivity index (χ4n) is 1.29. The van der Waals surface area contributed by atoms with E-state index in [1.807, 2.05) is 13.8 Å². The average Bonchev–Trinajstić information content (AvgIpc) is 2.15. The van der Waals surface area contributed by atoms with Gasteiger partial charge in [0.2, 0.25) is 5.91 Å². The van der Waals surface area contributed by atoms with Gasteiger partial charge in [0.1, 0.15) is 0 Å². The molecule has 0 radical (unpaired) electrons. The third-order valence-electron chi connectivity index (χ3n) is 2.00. The van der Waals surface area contributed by atoms with Crippen LogP contribution in [0.1, 0.15) is 13.8 Å². The molecule has 6 nitrogen and oxygen atoms in total. The van der Waals surface area contributed by atoms with Gasteiger partial charge in [-0.05, 0) is 13.5 Å². The van der Waals surface area contributed by atoms with E-state index in [1.54, 1.807) is 12.0 Å². The zero-order valence-corrected chi connectivity index (χ0v) is 10.0. The Bertz CT molecular complexity index is 233. The standard InChI is InChI=1S/C10H20N2O4/c1-4-12(6-10(14)15)5-9(13)11-8(2)7-16-3/h8H,4-7H2,1-3H3,(H,11,13)(H,14,15). The summed E-state index contributed by atoms with van der Waals surface area (Å²) in [6, 6.07) is -0.0685. The number of aliphatic carboxylic acids is 1. The van der Waals surface area contributed by atoms with Gasteiger partial charge in [-0.3, -0.25) is 14.5 Å². The number of amides is 1. The van der Waals surface area contributed by atoms with Gasteiger partial charge in [-0.1, -0.05) is 6.92 Å². The highest BCUT2D eigenvalue weighted by atomic mass is 16.5. The van der Waals surface area contributed by atoms with Crippen LogP contribution in [0.15, 0.2) is 0 Å². The SMILES string of the molecule is CCN(CC(=O)O)CC(=O)NC(C)COC. The lowest BCUT2D eigenvalue weighted by Crippen LogP contribution is -2.43. The van der Waals surface area contributed by atoms with Crippen molar-refractivity contribution < 1.29 is 19.4 Å². The van der Waals surface area contributed by atoms with Gasteiger partial charge in [0.25, 0.3) is 0 Å². The molecule has 1 unspecified atom stereocenters. The first-order chi connectivity index (χ1) is 7.49. The second kappa shape index (κ2) is 8.06. The summed E-state index contributed by atoms with van der Waals surface area (Å²) in [7, 11) is 1.56. The minimum absolute atomic E-state index is 0.0685. The van der Waals surface area contributed by atoms with Gasteiger partial charge in [-0.2, -0.15) is 0 Å². The van der Waals surface area contributed by atoms with Crippen LogP contribution in [0.3, 0.4) is 0 Å². The summed E-state index contributed by atoms with van der Waals surface area (Å²) in [5.74, 6) is -1.12. The molecular formula is C10H20N2O4. The first kappa shape index (κ1) is 14.9. The summed E-state index contributed by atoms with van der Waals surface area (Å²) in [5, 5.41) is 11.3. The van der Waals surface area contributed by atoms with Gasteiger partial charge in [0.15, 0.2) is 0 Å². The first-order valence-electron chi connectivity index (χ1n) is 5.22. The van der Waals surface area contributed by atoms with Crippen molar-refractivity contribution in [2.45, 2.75) is 19.9 Å². The Labute approximate surface area is 95.6 Å². The molecule has 0 spiro atoms. The number of carbonyl (C=O) groups is 2. The third-order valence-corrected chi connectivity index (χ3v) is 2.00. The van der Waals surface area contributed by atoms with E-state index < -0.39 is 5.97 Å². The topological polar surface area (TPSA) is 78.9 Å². The van der Waals surface area contributed by atoms with Crippen LogP contribution < -0.4 is 5.32 Å². The van der Waals surface area contributed by atoms with Crippen molar-refractivity contribution in [1.82, 2.24) is 10.2 Å². The molecule has 0 aromatic carbocycles. The zero-order valence-electron chi connectivity index (χ0n) is 10.0. The Morgan fingerprint density at radius 3 is 2.50 bits per heavy atom. The summed E-state index contributed by atoms with van der Waals surface area (Å²) >= 11 is 0. The molecule has 0 saturated carbocycles. The molecule has 0 fully saturated rings. The van der Waals surface area contributed by atoms with Crippen LogP contribution in [-0.4, -0.2) is 61.3 Å². The van der Waals surface area contributed by atoms with Crippen LogP contribution in [0, 0.1) is 0 Å². The summed E-state index contributed by atoms with van der Waals surface area (Å²) in [5.41, 5.74) is 0. The van der Waals surface area contributed by atoms with Crippen LogP contribution in [0.5, 0.6) is 0 Å². The molecule has 0 aliphatic heterocycles. The van der Waals surface area contributed by atoms with E-state index in [1.165, 1.54) is 0 Å². The highest BCUT2D eigenvalue weighted by Gasteiger charge is 2.13. The number of hydrogen-bond donors (Lipinski definition) is 2. The van der Waals surface area contributed by atoms with Gasteiger partial charge in [0.05, 0.1) is 19.7 Å². The minimum Gasteiger partial charge on any atom is -0.480 e. The molecule has 0 heterocycles. The number of ether oxygens (including phenoxy) is 1. The van der Waals surface area contributed by atoms with Crippen molar-refractivity contribution in [2.75, 3.05) is 33.4 Å². The smallest absolute Gasteiger partial charge is 0.317 e. The molecule has 0 rings (SSSR count). The maximum atomic E-state index is 11.5. The number of carboxylic acid groups (broad SMARTS) is 1. The van der Waals surface area contributed by atoms with Crippen LogP contribution in [-0.2, 0) is 14.3 Å². The average molecular weight is 232 g/mol. The van der Waals surface area contributed by atoms with Gasteiger partial charge in [0, 0.05) is 13.2 Å². The second-order valence-electron chi connectivity index (χ2n) is 3.62. The molecule has 0 aliphatic rings. The van der Waals surface area contributed by atoms with E-state index in [-0.39, 0.29) is 25.0 Å². The maximum absolute atomic E-state index is 11.5. The Hall–Kier alpha value is -1.14. The van der Waals surface area contributed by atoms with Crippen LogP contribution in [0.25, 0.3) is 0 Å². The molecule has 0 aromatic rings. The third kappa shape index (κ3) is 7.19. The number of carbonyl (C=O) groups excluding carboxylic acids is 1. The van der Waals surface area contributed by atoms with E-state index in [2.05, 4.69) is 5.32 Å². The molecular weight excluding hydrogens is 212 g/mol. The predicted octanol–water partition coefficient (Wildman–Crippen LogP) is -0.456. The summed E-state index contributed by atoms with van der Waals surface area (Å²) < 4.78 is 4.88. The molecule has 0 aliphatic carbocycles. The lowest BCUT2D eigenvalue weighted by Gasteiger charge is -2.19. The van der Waals surface area contributed by atoms with Crippen LogP contribution in [0.4, 0.5) is 0 Å². The van der Waals surface area contributed by atoms with Gasteiger partial charge < -0.3 is 15.2 Å². The number of rotatable bonds is 8. The summed E-state index contributed by atoms with van der Waals surface area (Å²) in [4.78, 5) is 23.5.